The summed E-state index contributed by atoms with van der Waals surface area (Å²) in [6, 6.07) is 11.8. The Morgan fingerprint density at radius 1 is 1.09 bits per heavy atom. The zero-order chi connectivity index (χ0) is 23.0. The highest BCUT2D eigenvalue weighted by atomic mass is 16.2. The number of amides is 1. The van der Waals surface area contributed by atoms with Crippen LogP contribution in [0.3, 0.4) is 0 Å². The molecule has 0 radical (unpaired) electrons. The number of carbonyl (C=O) groups excluding carboxylic acids is 1. The molecule has 0 spiro atoms. The van der Waals surface area contributed by atoms with E-state index in [0.717, 1.165) is 12.1 Å². The van der Waals surface area contributed by atoms with E-state index in [4.69, 9.17) is 0 Å². The first kappa shape index (κ1) is 21.0. The third-order valence-corrected chi connectivity index (χ3v) is 5.91. The molecule has 0 bridgehead atoms. The third kappa shape index (κ3) is 4.26. The molecule has 1 aliphatic heterocycles. The van der Waals surface area contributed by atoms with Crippen LogP contribution in [0.5, 0.6) is 0 Å². The molecule has 1 amide bonds. The lowest BCUT2D eigenvalue weighted by Crippen LogP contribution is -2.31. The Balaban J connectivity index is 1.33. The number of carbonyl (C=O) groups is 1. The van der Waals surface area contributed by atoms with Crippen molar-refractivity contribution in [2.45, 2.75) is 38.6 Å². The molecule has 1 fully saturated rings. The van der Waals surface area contributed by atoms with E-state index in [1.807, 2.05) is 17.0 Å². The molecule has 168 valence electrons. The summed E-state index contributed by atoms with van der Waals surface area (Å²) in [6.45, 7) is 7.83. The standard InChI is InChI=1S/C24H26N8O/c1-24(2,3)17-4-6-19(7-5-17)32-21-20(29-30-32)14-26-23(28-21)27-18-10-13-31(15-18)22(33)16-8-11-25-12-9-16/h4-9,11-12,14,18H,10,13,15H2,1-3H3,(H,26,27,28). The third-order valence-electron chi connectivity index (χ3n) is 5.91. The normalized spacial score (nSPS) is 16.3. The van der Waals surface area contributed by atoms with E-state index >= 15 is 0 Å². The van der Waals surface area contributed by atoms with Crippen molar-refractivity contribution in [2.75, 3.05) is 18.4 Å². The van der Waals surface area contributed by atoms with Crippen molar-refractivity contribution in [1.29, 1.82) is 0 Å². The Morgan fingerprint density at radius 3 is 2.58 bits per heavy atom. The van der Waals surface area contributed by atoms with Crippen molar-refractivity contribution >= 4 is 23.0 Å². The average molecular weight is 443 g/mol. The van der Waals surface area contributed by atoms with E-state index in [9.17, 15) is 4.79 Å². The number of likely N-dealkylation sites (tertiary alicyclic amines) is 1. The number of hydrogen-bond donors (Lipinski definition) is 1. The Bertz CT molecular complexity index is 1280. The number of rotatable bonds is 4. The van der Waals surface area contributed by atoms with Crippen molar-refractivity contribution in [1.82, 2.24) is 34.8 Å². The minimum atomic E-state index is 0.0130. The predicted molar refractivity (Wildman–Crippen MR) is 125 cm³/mol. The van der Waals surface area contributed by atoms with Crippen molar-refractivity contribution in [3.63, 3.8) is 0 Å². The molecule has 33 heavy (non-hydrogen) atoms. The maximum atomic E-state index is 12.7. The number of fused-ring (bicyclic) bond motifs is 1. The number of benzene rings is 1. The van der Waals surface area contributed by atoms with Gasteiger partial charge in [-0.15, -0.1) is 5.10 Å². The van der Waals surface area contributed by atoms with E-state index in [-0.39, 0.29) is 17.4 Å². The van der Waals surface area contributed by atoms with Crippen molar-refractivity contribution in [3.8, 4) is 5.69 Å². The highest BCUT2D eigenvalue weighted by Crippen LogP contribution is 2.24. The highest BCUT2D eigenvalue weighted by Gasteiger charge is 2.27. The first-order valence-corrected chi connectivity index (χ1v) is 11.0. The molecule has 1 unspecified atom stereocenters. The number of nitrogens with zero attached hydrogens (tertiary/aromatic N) is 7. The van der Waals surface area contributed by atoms with Gasteiger partial charge in [0, 0.05) is 37.1 Å². The lowest BCUT2D eigenvalue weighted by molar-refractivity contribution is 0.0791. The van der Waals surface area contributed by atoms with E-state index in [0.29, 0.717) is 35.8 Å². The number of hydrogen-bond acceptors (Lipinski definition) is 7. The summed E-state index contributed by atoms with van der Waals surface area (Å²) < 4.78 is 1.72. The molecule has 9 heteroatoms. The molecule has 1 aromatic carbocycles. The van der Waals surface area contributed by atoms with Crippen LogP contribution in [0, 0.1) is 0 Å². The summed E-state index contributed by atoms with van der Waals surface area (Å²) >= 11 is 0. The molecule has 5 rings (SSSR count). The predicted octanol–water partition coefficient (Wildman–Crippen LogP) is 3.23. The van der Waals surface area contributed by atoms with Crippen LogP contribution in [-0.4, -0.2) is 59.9 Å². The largest absolute Gasteiger partial charge is 0.350 e. The second-order valence-electron chi connectivity index (χ2n) is 9.32. The van der Waals surface area contributed by atoms with Crippen LogP contribution < -0.4 is 5.32 Å². The summed E-state index contributed by atoms with van der Waals surface area (Å²) in [5.74, 6) is 0.514. The lowest BCUT2D eigenvalue weighted by Gasteiger charge is -2.19. The van der Waals surface area contributed by atoms with Crippen molar-refractivity contribution < 1.29 is 4.79 Å². The van der Waals surface area contributed by atoms with Gasteiger partial charge in [-0.05, 0) is 41.7 Å². The quantitative estimate of drug-likeness (QED) is 0.518. The van der Waals surface area contributed by atoms with E-state index in [1.165, 1.54) is 5.56 Å². The summed E-state index contributed by atoms with van der Waals surface area (Å²) in [4.78, 5) is 27.6. The van der Waals surface area contributed by atoms with Crippen LogP contribution in [0.15, 0.2) is 55.0 Å². The van der Waals surface area contributed by atoms with Gasteiger partial charge < -0.3 is 10.2 Å². The second-order valence-corrected chi connectivity index (χ2v) is 9.32. The first-order chi connectivity index (χ1) is 15.9. The number of anilines is 1. The van der Waals surface area contributed by atoms with Gasteiger partial charge in [-0.3, -0.25) is 9.78 Å². The molecular weight excluding hydrogens is 416 g/mol. The molecule has 4 aromatic rings. The smallest absolute Gasteiger partial charge is 0.254 e. The Labute approximate surface area is 191 Å². The van der Waals surface area contributed by atoms with Crippen LogP contribution in [-0.2, 0) is 5.41 Å². The minimum absolute atomic E-state index is 0.0130. The minimum Gasteiger partial charge on any atom is -0.350 e. The number of nitrogens with one attached hydrogen (secondary N) is 1. The molecule has 1 saturated heterocycles. The molecule has 1 aliphatic rings. The van der Waals surface area contributed by atoms with Gasteiger partial charge in [0.15, 0.2) is 11.2 Å². The van der Waals surface area contributed by atoms with Gasteiger partial charge in [-0.25, -0.2) is 4.98 Å². The van der Waals surface area contributed by atoms with Crippen molar-refractivity contribution in [3.05, 3.63) is 66.1 Å². The summed E-state index contributed by atoms with van der Waals surface area (Å²) in [5, 5.41) is 11.9. The number of pyridine rings is 1. The summed E-state index contributed by atoms with van der Waals surface area (Å²) in [5.41, 5.74) is 4.14. The summed E-state index contributed by atoms with van der Waals surface area (Å²) in [6.07, 6.45) is 5.77. The van der Waals surface area contributed by atoms with Crippen LogP contribution in [0.4, 0.5) is 5.95 Å². The average Bonchev–Trinajstić information content (AvgIpc) is 3.46. The zero-order valence-electron chi connectivity index (χ0n) is 18.9. The van der Waals surface area contributed by atoms with Gasteiger partial charge in [0.2, 0.25) is 5.95 Å². The van der Waals surface area contributed by atoms with E-state index < -0.39 is 0 Å². The maximum Gasteiger partial charge on any atom is 0.254 e. The van der Waals surface area contributed by atoms with Crippen molar-refractivity contribution in [2.24, 2.45) is 0 Å². The Morgan fingerprint density at radius 2 is 1.85 bits per heavy atom. The molecule has 4 heterocycles. The van der Waals surface area contributed by atoms with Gasteiger partial charge in [0.05, 0.1) is 11.9 Å². The molecule has 0 aliphatic carbocycles. The van der Waals surface area contributed by atoms with E-state index in [2.05, 4.69) is 63.5 Å². The highest BCUT2D eigenvalue weighted by molar-refractivity contribution is 5.94. The molecule has 1 atom stereocenters. The lowest BCUT2D eigenvalue weighted by atomic mass is 9.87. The SMILES string of the molecule is CC(C)(C)c1ccc(-n2nnc3cnc(NC4CCN(C(=O)c5ccncc5)C4)nc32)cc1. The van der Waals surface area contributed by atoms with Gasteiger partial charge in [-0.1, -0.05) is 38.1 Å². The monoisotopic (exact) mass is 442 g/mol. The molecule has 9 nitrogen and oxygen atoms in total. The molecule has 0 saturated carbocycles. The van der Waals surface area contributed by atoms with Crippen LogP contribution in [0.1, 0.15) is 43.1 Å². The fourth-order valence-corrected chi connectivity index (χ4v) is 4.00. The Hall–Kier alpha value is -3.88. The fourth-order valence-electron chi connectivity index (χ4n) is 4.00. The topological polar surface area (TPSA) is 102 Å². The van der Waals surface area contributed by atoms with Gasteiger partial charge in [0.1, 0.15) is 0 Å². The van der Waals surface area contributed by atoms with Crippen LogP contribution in [0.2, 0.25) is 0 Å². The maximum absolute atomic E-state index is 12.7. The van der Waals surface area contributed by atoms with Crippen LogP contribution >= 0.6 is 0 Å². The second kappa shape index (κ2) is 8.23. The summed E-state index contributed by atoms with van der Waals surface area (Å²) in [7, 11) is 0. The van der Waals surface area contributed by atoms with Gasteiger partial charge >= 0.3 is 0 Å². The molecule has 1 N–H and O–H groups in total. The van der Waals surface area contributed by atoms with E-state index in [1.54, 1.807) is 35.4 Å². The fraction of sp³-hybridized carbons (Fsp3) is 0.333. The zero-order valence-corrected chi connectivity index (χ0v) is 18.9. The molecular formula is C24H26N8O. The van der Waals surface area contributed by atoms with Gasteiger partial charge in [0.25, 0.3) is 5.91 Å². The molecule has 3 aromatic heterocycles. The van der Waals surface area contributed by atoms with Gasteiger partial charge in [-0.2, -0.15) is 9.67 Å². The number of aromatic nitrogens is 6. The first-order valence-electron chi connectivity index (χ1n) is 11.0. The Kier molecular flexibility index (Phi) is 5.24. The van der Waals surface area contributed by atoms with Crippen LogP contribution in [0.25, 0.3) is 16.9 Å².